The summed E-state index contributed by atoms with van der Waals surface area (Å²) in [6.45, 7) is 2.47. The van der Waals surface area contributed by atoms with Crippen LogP contribution in [-0.2, 0) is 11.3 Å². The molecule has 0 aliphatic carbocycles. The standard InChI is InChI=1S/C25H20BNO3/c1-16-3-6-20(25(29)30-2)14-23(16)18-7-10-22-19(13-18)11-12-27(24(22)28)15-17-4-8-21(26)9-5-17/h3-14H,15H2,1-2H3. The Kier molecular flexibility index (Phi) is 5.28. The molecule has 0 amide bonds. The topological polar surface area (TPSA) is 48.3 Å². The summed E-state index contributed by atoms with van der Waals surface area (Å²) in [7, 11) is 7.11. The first-order chi connectivity index (χ1) is 14.5. The van der Waals surface area contributed by atoms with E-state index >= 15 is 0 Å². The molecule has 0 fully saturated rings. The Morgan fingerprint density at radius 2 is 1.77 bits per heavy atom. The van der Waals surface area contributed by atoms with Gasteiger partial charge in [0.1, 0.15) is 7.85 Å². The molecule has 0 spiro atoms. The van der Waals surface area contributed by atoms with E-state index in [9.17, 15) is 9.59 Å². The second-order valence-corrected chi connectivity index (χ2v) is 7.31. The number of aromatic nitrogens is 1. The first-order valence-electron chi connectivity index (χ1n) is 9.63. The number of methoxy groups -OCH3 is 1. The molecular formula is C25H20BNO3. The van der Waals surface area contributed by atoms with Gasteiger partial charge in [-0.25, -0.2) is 4.79 Å². The second-order valence-electron chi connectivity index (χ2n) is 7.31. The van der Waals surface area contributed by atoms with Gasteiger partial charge in [0.25, 0.3) is 5.56 Å². The van der Waals surface area contributed by atoms with E-state index in [4.69, 9.17) is 12.6 Å². The molecule has 0 aliphatic heterocycles. The number of esters is 1. The minimum atomic E-state index is -0.373. The van der Waals surface area contributed by atoms with Crippen molar-refractivity contribution in [3.8, 4) is 11.1 Å². The lowest BCUT2D eigenvalue weighted by atomic mass is 9.95. The van der Waals surface area contributed by atoms with Gasteiger partial charge in [-0.1, -0.05) is 41.9 Å². The van der Waals surface area contributed by atoms with Crippen molar-refractivity contribution in [3.63, 3.8) is 0 Å². The molecule has 0 unspecified atom stereocenters. The monoisotopic (exact) mass is 393 g/mol. The van der Waals surface area contributed by atoms with Crippen LogP contribution in [0.25, 0.3) is 21.9 Å². The van der Waals surface area contributed by atoms with Crippen LogP contribution in [0.5, 0.6) is 0 Å². The maximum atomic E-state index is 13.0. The van der Waals surface area contributed by atoms with Gasteiger partial charge in [0.2, 0.25) is 0 Å². The number of fused-ring (bicyclic) bond motifs is 1. The lowest BCUT2D eigenvalue weighted by Crippen LogP contribution is -2.20. The number of benzene rings is 3. The van der Waals surface area contributed by atoms with Crippen LogP contribution >= 0.6 is 0 Å². The Labute approximate surface area is 176 Å². The largest absolute Gasteiger partial charge is 0.465 e. The van der Waals surface area contributed by atoms with Gasteiger partial charge in [-0.15, -0.1) is 0 Å². The highest BCUT2D eigenvalue weighted by Gasteiger charge is 2.11. The summed E-state index contributed by atoms with van der Waals surface area (Å²) in [6, 6.07) is 20.7. The van der Waals surface area contributed by atoms with E-state index in [-0.39, 0.29) is 11.5 Å². The first kappa shape index (κ1) is 19.7. The molecule has 1 aromatic heterocycles. The molecule has 0 saturated carbocycles. The molecule has 4 aromatic rings. The molecule has 146 valence electrons. The number of aryl methyl sites for hydroxylation is 1. The Balaban J connectivity index is 1.73. The van der Waals surface area contributed by atoms with Crippen molar-refractivity contribution in [2.45, 2.75) is 13.5 Å². The summed E-state index contributed by atoms with van der Waals surface area (Å²) in [5.74, 6) is -0.373. The highest BCUT2D eigenvalue weighted by atomic mass is 16.5. The fraction of sp³-hybridized carbons (Fsp3) is 0.120. The molecule has 30 heavy (non-hydrogen) atoms. The highest BCUT2D eigenvalue weighted by molar-refractivity contribution is 6.32. The SMILES string of the molecule is [B]c1ccc(Cn2ccc3cc(-c4cc(C(=O)OC)ccc4C)ccc3c2=O)cc1. The molecule has 0 N–H and O–H groups in total. The van der Waals surface area contributed by atoms with Gasteiger partial charge in [0.15, 0.2) is 0 Å². The van der Waals surface area contributed by atoms with E-state index in [1.165, 1.54) is 7.11 Å². The first-order valence-corrected chi connectivity index (χ1v) is 9.63. The zero-order valence-corrected chi connectivity index (χ0v) is 16.9. The minimum absolute atomic E-state index is 0.0455. The van der Waals surface area contributed by atoms with Gasteiger partial charge in [-0.3, -0.25) is 4.79 Å². The number of carbonyl (C=O) groups excluding carboxylic acids is 1. The van der Waals surface area contributed by atoms with Crippen LogP contribution in [0.15, 0.2) is 77.7 Å². The van der Waals surface area contributed by atoms with Gasteiger partial charge in [-0.2, -0.15) is 0 Å². The van der Waals surface area contributed by atoms with Crippen LogP contribution in [0.4, 0.5) is 0 Å². The normalized spacial score (nSPS) is 10.9. The molecule has 0 atom stereocenters. The van der Waals surface area contributed by atoms with Crippen molar-refractivity contribution >= 4 is 30.1 Å². The van der Waals surface area contributed by atoms with Crippen LogP contribution in [-0.4, -0.2) is 25.5 Å². The summed E-state index contributed by atoms with van der Waals surface area (Å²) in [4.78, 5) is 24.9. The summed E-state index contributed by atoms with van der Waals surface area (Å²) in [5, 5.41) is 1.51. The Bertz CT molecular complexity index is 1310. The van der Waals surface area contributed by atoms with Crippen LogP contribution in [0.2, 0.25) is 0 Å². The van der Waals surface area contributed by atoms with Crippen molar-refractivity contribution in [3.05, 3.63) is 100.0 Å². The van der Waals surface area contributed by atoms with Gasteiger partial charge in [-0.05, 0) is 64.9 Å². The van der Waals surface area contributed by atoms with Crippen molar-refractivity contribution < 1.29 is 9.53 Å². The molecule has 4 nitrogen and oxygen atoms in total. The van der Waals surface area contributed by atoms with E-state index in [1.54, 1.807) is 10.6 Å². The van der Waals surface area contributed by atoms with Crippen molar-refractivity contribution in [2.24, 2.45) is 0 Å². The summed E-state index contributed by atoms with van der Waals surface area (Å²) in [5.41, 5.74) is 5.08. The average Bonchev–Trinajstić information content (AvgIpc) is 2.76. The molecule has 4 rings (SSSR count). The van der Waals surface area contributed by atoms with E-state index in [1.807, 2.05) is 73.8 Å². The third kappa shape index (κ3) is 3.79. The number of carbonyl (C=O) groups is 1. The summed E-state index contributed by atoms with van der Waals surface area (Å²) in [6.07, 6.45) is 1.81. The van der Waals surface area contributed by atoms with Gasteiger partial charge in [0.05, 0.1) is 19.2 Å². The zero-order valence-electron chi connectivity index (χ0n) is 16.9. The van der Waals surface area contributed by atoms with Crippen molar-refractivity contribution in [1.82, 2.24) is 4.57 Å². The molecule has 5 heteroatoms. The fourth-order valence-corrected chi connectivity index (χ4v) is 3.58. The van der Waals surface area contributed by atoms with E-state index in [0.717, 1.165) is 27.6 Å². The number of nitrogens with zero attached hydrogens (tertiary/aromatic N) is 1. The molecule has 1 heterocycles. The quantitative estimate of drug-likeness (QED) is 0.393. The predicted octanol–water partition coefficient (Wildman–Crippen LogP) is 3.61. The Morgan fingerprint density at radius 1 is 1.00 bits per heavy atom. The molecule has 0 aliphatic rings. The second kappa shape index (κ2) is 8.03. The van der Waals surface area contributed by atoms with Crippen LogP contribution in [0, 0.1) is 6.92 Å². The predicted molar refractivity (Wildman–Crippen MR) is 121 cm³/mol. The third-order valence-electron chi connectivity index (χ3n) is 5.28. The number of ether oxygens (including phenoxy) is 1. The average molecular weight is 393 g/mol. The summed E-state index contributed by atoms with van der Waals surface area (Å²) >= 11 is 0. The Morgan fingerprint density at radius 3 is 2.50 bits per heavy atom. The van der Waals surface area contributed by atoms with Crippen LogP contribution in [0.1, 0.15) is 21.5 Å². The van der Waals surface area contributed by atoms with Crippen molar-refractivity contribution in [2.75, 3.05) is 7.11 Å². The molecular weight excluding hydrogens is 373 g/mol. The zero-order chi connectivity index (χ0) is 21.3. The van der Waals surface area contributed by atoms with Crippen LogP contribution < -0.4 is 11.0 Å². The third-order valence-corrected chi connectivity index (χ3v) is 5.28. The maximum Gasteiger partial charge on any atom is 0.337 e. The fourth-order valence-electron chi connectivity index (χ4n) is 3.58. The van der Waals surface area contributed by atoms with Crippen molar-refractivity contribution in [1.29, 1.82) is 0 Å². The van der Waals surface area contributed by atoms with Gasteiger partial charge < -0.3 is 9.30 Å². The number of rotatable bonds is 4. The van der Waals surface area contributed by atoms with E-state index in [0.29, 0.717) is 23.0 Å². The van der Waals surface area contributed by atoms with Crippen LogP contribution in [0.3, 0.4) is 0 Å². The lowest BCUT2D eigenvalue weighted by Gasteiger charge is -2.11. The number of hydrogen-bond donors (Lipinski definition) is 0. The molecule has 0 saturated heterocycles. The summed E-state index contributed by atoms with van der Waals surface area (Å²) < 4.78 is 6.52. The maximum absolute atomic E-state index is 13.0. The Hall–Kier alpha value is -3.60. The molecule has 3 aromatic carbocycles. The van der Waals surface area contributed by atoms with E-state index < -0.39 is 0 Å². The van der Waals surface area contributed by atoms with E-state index in [2.05, 4.69) is 0 Å². The molecule has 2 radical (unpaired) electrons. The van der Waals surface area contributed by atoms with Gasteiger partial charge in [0, 0.05) is 11.6 Å². The smallest absolute Gasteiger partial charge is 0.337 e. The molecule has 0 bridgehead atoms. The van der Waals surface area contributed by atoms with Gasteiger partial charge >= 0.3 is 5.97 Å². The number of pyridine rings is 1. The lowest BCUT2D eigenvalue weighted by molar-refractivity contribution is 0.0601. The minimum Gasteiger partial charge on any atom is -0.465 e. The highest BCUT2D eigenvalue weighted by Crippen LogP contribution is 2.27. The number of hydrogen-bond acceptors (Lipinski definition) is 3.